The number of rotatable bonds is 4. The topological polar surface area (TPSA) is 0 Å². The van der Waals surface area contributed by atoms with E-state index in [4.69, 9.17) is 0 Å². The predicted octanol–water partition coefficient (Wildman–Crippen LogP) is 8.49. The van der Waals surface area contributed by atoms with Gasteiger partial charge in [0.2, 0.25) is 0 Å². The number of allylic oxidation sites excluding steroid dienone is 9. The zero-order valence-electron chi connectivity index (χ0n) is 17.5. The highest BCUT2D eigenvalue weighted by Crippen LogP contribution is 2.27. The lowest BCUT2D eigenvalue weighted by Gasteiger charge is -2.19. The van der Waals surface area contributed by atoms with E-state index in [0.717, 1.165) is 19.3 Å². The maximum atomic E-state index is 4.45. The van der Waals surface area contributed by atoms with E-state index in [9.17, 15) is 0 Å². The molecule has 0 saturated carbocycles. The molecule has 0 N–H and O–H groups in total. The molecule has 1 aliphatic carbocycles. The second-order valence-corrected chi connectivity index (χ2v) is 8.18. The van der Waals surface area contributed by atoms with Crippen molar-refractivity contribution < 1.29 is 0 Å². The molecule has 0 spiro atoms. The quantitative estimate of drug-likeness (QED) is 0.450. The molecule has 0 bridgehead atoms. The summed E-state index contributed by atoms with van der Waals surface area (Å²) in [4.78, 5) is 0. The van der Waals surface area contributed by atoms with Crippen LogP contribution in [0.5, 0.6) is 0 Å². The van der Waals surface area contributed by atoms with Crippen LogP contribution in [0, 0.1) is 5.92 Å². The van der Waals surface area contributed by atoms with Gasteiger partial charge in [-0.25, -0.2) is 0 Å². The molecule has 0 amide bonds. The van der Waals surface area contributed by atoms with Crippen LogP contribution < -0.4 is 0 Å². The van der Waals surface area contributed by atoms with Crippen molar-refractivity contribution in [3.63, 3.8) is 0 Å². The first-order valence-electron chi connectivity index (χ1n) is 10.2. The lowest BCUT2D eigenvalue weighted by Crippen LogP contribution is -2.04. The molecule has 1 aliphatic rings. The third-order valence-corrected chi connectivity index (χ3v) is 5.30. The van der Waals surface area contributed by atoms with E-state index < -0.39 is 0 Å². The Balaban J connectivity index is 2.78. The lowest BCUT2D eigenvalue weighted by molar-refractivity contribution is 0.545. The van der Waals surface area contributed by atoms with Crippen molar-refractivity contribution in [3.8, 4) is 0 Å². The van der Waals surface area contributed by atoms with Crippen molar-refractivity contribution >= 4 is 0 Å². The second-order valence-electron chi connectivity index (χ2n) is 8.18. The van der Waals surface area contributed by atoms with Crippen molar-refractivity contribution in [2.45, 2.75) is 92.4 Å². The third kappa shape index (κ3) is 10.3. The minimum atomic E-state index is 0.629. The molecule has 1 unspecified atom stereocenters. The molecule has 0 fully saturated rings. The van der Waals surface area contributed by atoms with E-state index in [0.29, 0.717) is 5.92 Å². The summed E-state index contributed by atoms with van der Waals surface area (Å²) in [5, 5.41) is 0. The molecule has 0 aliphatic heterocycles. The van der Waals surface area contributed by atoms with Gasteiger partial charge in [0.25, 0.3) is 0 Å². The van der Waals surface area contributed by atoms with Gasteiger partial charge in [-0.2, -0.15) is 0 Å². The smallest absolute Gasteiger partial charge is 0.0168 e. The molecule has 0 aromatic carbocycles. The van der Waals surface area contributed by atoms with Gasteiger partial charge in [0.05, 0.1) is 0 Å². The van der Waals surface area contributed by atoms with Crippen LogP contribution in [0.25, 0.3) is 0 Å². The lowest BCUT2D eigenvalue weighted by atomic mass is 9.86. The molecule has 0 nitrogen and oxygen atoms in total. The summed E-state index contributed by atoms with van der Waals surface area (Å²) in [6, 6.07) is 0. The summed E-state index contributed by atoms with van der Waals surface area (Å²) in [6.07, 6.45) is 20.4. The summed E-state index contributed by atoms with van der Waals surface area (Å²) in [6.45, 7) is 15.7. The summed E-state index contributed by atoms with van der Waals surface area (Å²) >= 11 is 0. The number of hydrogen-bond acceptors (Lipinski definition) is 0. The van der Waals surface area contributed by atoms with Crippen molar-refractivity contribution in [1.82, 2.24) is 0 Å². The monoisotopic (exact) mass is 340 g/mol. The van der Waals surface area contributed by atoms with E-state index in [2.05, 4.69) is 65.5 Å². The Hall–Kier alpha value is -1.30. The van der Waals surface area contributed by atoms with E-state index >= 15 is 0 Å². The molecule has 0 heterocycles. The van der Waals surface area contributed by atoms with Crippen LogP contribution >= 0.6 is 0 Å². The van der Waals surface area contributed by atoms with Crippen LogP contribution in [0.15, 0.2) is 58.7 Å². The largest absolute Gasteiger partial charge is 0.0996 e. The van der Waals surface area contributed by atoms with Gasteiger partial charge in [-0.15, -0.1) is 0 Å². The summed E-state index contributed by atoms with van der Waals surface area (Å²) in [5.41, 5.74) is 7.48. The zero-order valence-corrected chi connectivity index (χ0v) is 17.5. The fraction of sp³-hybridized carbons (Fsp3) is 0.600. The maximum absolute atomic E-state index is 4.45. The molecule has 140 valence electrons. The fourth-order valence-corrected chi connectivity index (χ4v) is 3.38. The van der Waals surface area contributed by atoms with E-state index in [1.165, 1.54) is 55.2 Å². The van der Waals surface area contributed by atoms with Gasteiger partial charge < -0.3 is 0 Å². The SMILES string of the molecule is C=C(CCC=C(C)C)C1C/C=C(\C)CC/C=C(/C)CC/C=C(/C)CC1. The Morgan fingerprint density at radius 1 is 0.960 bits per heavy atom. The molecule has 0 saturated heterocycles. The molecule has 1 atom stereocenters. The fourth-order valence-electron chi connectivity index (χ4n) is 3.38. The Bertz CT molecular complexity index is 532. The summed E-state index contributed by atoms with van der Waals surface area (Å²) < 4.78 is 0. The second kappa shape index (κ2) is 12.1. The van der Waals surface area contributed by atoms with Crippen LogP contribution in [0.3, 0.4) is 0 Å². The van der Waals surface area contributed by atoms with Crippen LogP contribution in [0.1, 0.15) is 92.4 Å². The Labute approximate surface area is 157 Å². The van der Waals surface area contributed by atoms with Crippen molar-refractivity contribution in [3.05, 3.63) is 58.7 Å². The molecular formula is C25H40. The minimum Gasteiger partial charge on any atom is -0.0996 e. The number of hydrogen-bond donors (Lipinski definition) is 0. The van der Waals surface area contributed by atoms with Gasteiger partial charge >= 0.3 is 0 Å². The van der Waals surface area contributed by atoms with Gasteiger partial charge in [-0.1, -0.05) is 58.7 Å². The van der Waals surface area contributed by atoms with Crippen LogP contribution in [0.4, 0.5) is 0 Å². The molecule has 0 aromatic heterocycles. The average molecular weight is 341 g/mol. The van der Waals surface area contributed by atoms with Crippen molar-refractivity contribution in [1.29, 1.82) is 0 Å². The minimum absolute atomic E-state index is 0.629. The Morgan fingerprint density at radius 3 is 2.12 bits per heavy atom. The Kier molecular flexibility index (Phi) is 10.5. The average Bonchev–Trinajstić information content (AvgIpc) is 2.53. The van der Waals surface area contributed by atoms with E-state index in [1.54, 1.807) is 11.1 Å². The Morgan fingerprint density at radius 2 is 1.52 bits per heavy atom. The highest BCUT2D eigenvalue weighted by molar-refractivity contribution is 5.11. The predicted molar refractivity (Wildman–Crippen MR) is 115 cm³/mol. The standard InChI is InChI=1S/C25H40/c1-20(2)10-7-15-24(6)25-18-16-22(4)13-8-11-21(3)12-9-14-23(5)17-19-25/h10-11,14,16,25H,6-9,12-13,15,17-19H2,1-5H3/b21-11-,22-16+,23-14-. The molecule has 0 aromatic rings. The van der Waals surface area contributed by atoms with Gasteiger partial charge in [0.1, 0.15) is 0 Å². The van der Waals surface area contributed by atoms with E-state index in [-0.39, 0.29) is 0 Å². The maximum Gasteiger partial charge on any atom is -0.0168 e. The first-order valence-corrected chi connectivity index (χ1v) is 10.2. The van der Waals surface area contributed by atoms with Gasteiger partial charge in [-0.05, 0) is 98.3 Å². The normalized spacial score (nSPS) is 26.9. The van der Waals surface area contributed by atoms with Gasteiger partial charge in [0, 0.05) is 0 Å². The van der Waals surface area contributed by atoms with Crippen molar-refractivity contribution in [2.24, 2.45) is 5.92 Å². The third-order valence-electron chi connectivity index (χ3n) is 5.30. The van der Waals surface area contributed by atoms with Gasteiger partial charge in [0.15, 0.2) is 0 Å². The van der Waals surface area contributed by atoms with E-state index in [1.807, 2.05) is 0 Å². The summed E-state index contributed by atoms with van der Waals surface area (Å²) in [7, 11) is 0. The molecule has 0 heteroatoms. The van der Waals surface area contributed by atoms with Crippen molar-refractivity contribution in [2.75, 3.05) is 0 Å². The van der Waals surface area contributed by atoms with Crippen LogP contribution in [-0.2, 0) is 0 Å². The highest BCUT2D eigenvalue weighted by atomic mass is 14.2. The molecule has 25 heavy (non-hydrogen) atoms. The highest BCUT2D eigenvalue weighted by Gasteiger charge is 2.12. The molecular weight excluding hydrogens is 300 g/mol. The first kappa shape index (κ1) is 21.7. The summed E-state index contributed by atoms with van der Waals surface area (Å²) in [5.74, 6) is 0.629. The van der Waals surface area contributed by atoms with Crippen LogP contribution in [-0.4, -0.2) is 0 Å². The molecule has 0 radical (unpaired) electrons. The zero-order chi connectivity index (χ0) is 18.7. The van der Waals surface area contributed by atoms with Gasteiger partial charge in [-0.3, -0.25) is 0 Å². The molecule has 1 rings (SSSR count). The first-order chi connectivity index (χ1) is 11.9. The van der Waals surface area contributed by atoms with Crippen LogP contribution in [0.2, 0.25) is 0 Å².